The van der Waals surface area contributed by atoms with Crippen LogP contribution in [-0.2, 0) is 11.3 Å². The average Bonchev–Trinajstić information content (AvgIpc) is 2.52. The molecule has 0 spiro atoms. The van der Waals surface area contributed by atoms with Crippen molar-refractivity contribution in [2.75, 3.05) is 0 Å². The Hall–Kier alpha value is -2.69. The van der Waals surface area contributed by atoms with Gasteiger partial charge in [0, 0.05) is 12.3 Å². The third kappa shape index (κ3) is 4.15. The van der Waals surface area contributed by atoms with Gasteiger partial charge in [-0.1, -0.05) is 42.8 Å². The topological polar surface area (TPSA) is 63.5 Å². The SMILES string of the molecule is CC/C(=N/NC(=O)Cn1ccccc1=O)c1ccc(C)cc1. The van der Waals surface area contributed by atoms with Crippen molar-refractivity contribution >= 4 is 11.6 Å². The molecule has 22 heavy (non-hydrogen) atoms. The van der Waals surface area contributed by atoms with Crippen molar-refractivity contribution in [3.63, 3.8) is 0 Å². The summed E-state index contributed by atoms with van der Waals surface area (Å²) in [5.74, 6) is -0.327. The second-order valence-electron chi connectivity index (χ2n) is 4.98. The summed E-state index contributed by atoms with van der Waals surface area (Å²) in [7, 11) is 0. The van der Waals surface area contributed by atoms with Crippen molar-refractivity contribution < 1.29 is 4.79 Å². The first-order valence-electron chi connectivity index (χ1n) is 7.18. The minimum absolute atomic E-state index is 0.0476. The molecular formula is C17H19N3O2. The Balaban J connectivity index is 2.05. The van der Waals surface area contributed by atoms with Gasteiger partial charge in [0.05, 0.1) is 5.71 Å². The van der Waals surface area contributed by atoms with E-state index in [1.165, 1.54) is 16.2 Å². The zero-order chi connectivity index (χ0) is 15.9. The van der Waals surface area contributed by atoms with Crippen LogP contribution in [0.2, 0.25) is 0 Å². The summed E-state index contributed by atoms with van der Waals surface area (Å²) in [6.07, 6.45) is 2.28. The second-order valence-corrected chi connectivity index (χ2v) is 4.98. The molecule has 0 aliphatic heterocycles. The minimum atomic E-state index is -0.327. The van der Waals surface area contributed by atoms with E-state index in [0.29, 0.717) is 6.42 Å². The van der Waals surface area contributed by atoms with Crippen LogP contribution in [0.5, 0.6) is 0 Å². The summed E-state index contributed by atoms with van der Waals surface area (Å²) in [6.45, 7) is 3.95. The lowest BCUT2D eigenvalue weighted by Crippen LogP contribution is -2.29. The minimum Gasteiger partial charge on any atom is -0.306 e. The largest absolute Gasteiger partial charge is 0.306 e. The van der Waals surface area contributed by atoms with E-state index in [9.17, 15) is 9.59 Å². The number of rotatable bonds is 5. The fraction of sp³-hybridized carbons (Fsp3) is 0.235. The van der Waals surface area contributed by atoms with Crippen LogP contribution in [0.15, 0.2) is 58.6 Å². The number of benzene rings is 1. The van der Waals surface area contributed by atoms with Gasteiger partial charge in [0.25, 0.3) is 11.5 Å². The third-order valence-corrected chi connectivity index (χ3v) is 3.25. The maximum absolute atomic E-state index is 11.9. The zero-order valence-corrected chi connectivity index (χ0v) is 12.7. The van der Waals surface area contributed by atoms with Crippen LogP contribution in [0.1, 0.15) is 24.5 Å². The van der Waals surface area contributed by atoms with Gasteiger partial charge >= 0.3 is 0 Å². The highest BCUT2D eigenvalue weighted by molar-refractivity contribution is 6.00. The maximum atomic E-state index is 11.9. The molecule has 1 N–H and O–H groups in total. The van der Waals surface area contributed by atoms with Gasteiger partial charge in [0.2, 0.25) is 0 Å². The number of hydrazone groups is 1. The summed E-state index contributed by atoms with van der Waals surface area (Å²) >= 11 is 0. The molecule has 0 atom stereocenters. The van der Waals surface area contributed by atoms with E-state index < -0.39 is 0 Å². The van der Waals surface area contributed by atoms with Gasteiger partial charge in [0.15, 0.2) is 0 Å². The molecule has 0 saturated carbocycles. The van der Waals surface area contributed by atoms with Crippen LogP contribution in [0.4, 0.5) is 0 Å². The molecule has 0 saturated heterocycles. The van der Waals surface area contributed by atoms with Crippen LogP contribution in [0.3, 0.4) is 0 Å². The molecule has 5 nitrogen and oxygen atoms in total. The molecule has 0 aliphatic rings. The van der Waals surface area contributed by atoms with Crippen LogP contribution >= 0.6 is 0 Å². The van der Waals surface area contributed by atoms with Gasteiger partial charge in [-0.3, -0.25) is 9.59 Å². The lowest BCUT2D eigenvalue weighted by atomic mass is 10.1. The van der Waals surface area contributed by atoms with Crippen molar-refractivity contribution in [2.45, 2.75) is 26.8 Å². The summed E-state index contributed by atoms with van der Waals surface area (Å²) < 4.78 is 1.34. The predicted molar refractivity (Wildman–Crippen MR) is 86.9 cm³/mol. The quantitative estimate of drug-likeness (QED) is 0.678. The van der Waals surface area contributed by atoms with Gasteiger partial charge in [-0.15, -0.1) is 0 Å². The highest BCUT2D eigenvalue weighted by Gasteiger charge is 2.05. The van der Waals surface area contributed by atoms with Gasteiger partial charge in [-0.25, -0.2) is 5.43 Å². The molecule has 1 amide bonds. The monoisotopic (exact) mass is 297 g/mol. The first-order valence-corrected chi connectivity index (χ1v) is 7.18. The van der Waals surface area contributed by atoms with Gasteiger partial charge < -0.3 is 4.57 Å². The summed E-state index contributed by atoms with van der Waals surface area (Å²) in [4.78, 5) is 23.4. The fourth-order valence-electron chi connectivity index (χ4n) is 2.00. The Morgan fingerprint density at radius 1 is 1.18 bits per heavy atom. The molecule has 2 aromatic rings. The van der Waals surface area contributed by atoms with Crippen LogP contribution in [-0.4, -0.2) is 16.2 Å². The Labute approximate surface area is 129 Å². The van der Waals surface area contributed by atoms with Crippen molar-refractivity contribution in [2.24, 2.45) is 5.10 Å². The summed E-state index contributed by atoms with van der Waals surface area (Å²) in [6, 6.07) is 12.7. The van der Waals surface area contributed by atoms with Gasteiger partial charge in [0.1, 0.15) is 6.54 Å². The highest BCUT2D eigenvalue weighted by atomic mass is 16.2. The fourth-order valence-corrected chi connectivity index (χ4v) is 2.00. The Bertz CT molecular complexity index is 730. The second kappa shape index (κ2) is 7.36. The number of carbonyl (C=O) groups is 1. The molecule has 1 heterocycles. The number of aryl methyl sites for hydroxylation is 1. The van der Waals surface area contributed by atoms with Crippen molar-refractivity contribution in [1.82, 2.24) is 9.99 Å². The van der Waals surface area contributed by atoms with Crippen LogP contribution < -0.4 is 11.0 Å². The Morgan fingerprint density at radius 3 is 2.55 bits per heavy atom. The molecule has 2 rings (SSSR count). The molecule has 0 bridgehead atoms. The number of hydrogen-bond acceptors (Lipinski definition) is 3. The maximum Gasteiger partial charge on any atom is 0.260 e. The first-order chi connectivity index (χ1) is 10.6. The van der Waals surface area contributed by atoms with E-state index in [1.54, 1.807) is 18.3 Å². The molecule has 5 heteroatoms. The molecule has 1 aromatic carbocycles. The molecule has 0 fully saturated rings. The predicted octanol–water partition coefficient (Wildman–Crippen LogP) is 2.09. The van der Waals surface area contributed by atoms with Crippen LogP contribution in [0, 0.1) is 6.92 Å². The number of hydrogen-bond donors (Lipinski definition) is 1. The number of pyridine rings is 1. The third-order valence-electron chi connectivity index (χ3n) is 3.25. The first kappa shape index (κ1) is 15.7. The van der Waals surface area contributed by atoms with E-state index >= 15 is 0 Å². The lowest BCUT2D eigenvalue weighted by molar-refractivity contribution is -0.121. The molecule has 114 valence electrons. The van der Waals surface area contributed by atoms with Crippen molar-refractivity contribution in [3.8, 4) is 0 Å². The standard InChI is InChI=1S/C17H19N3O2/c1-3-15(14-9-7-13(2)8-10-14)18-19-16(21)12-20-11-5-4-6-17(20)22/h4-11H,3,12H2,1-2H3,(H,19,21)/b18-15-. The number of nitrogens with zero attached hydrogens (tertiary/aromatic N) is 2. The summed E-state index contributed by atoms with van der Waals surface area (Å²) in [5, 5.41) is 4.17. The number of nitrogens with one attached hydrogen (secondary N) is 1. The Kier molecular flexibility index (Phi) is 5.25. The van der Waals surface area contributed by atoms with E-state index in [4.69, 9.17) is 0 Å². The number of amides is 1. The zero-order valence-electron chi connectivity index (χ0n) is 12.7. The van der Waals surface area contributed by atoms with Gasteiger partial charge in [-0.2, -0.15) is 5.10 Å². The average molecular weight is 297 g/mol. The lowest BCUT2D eigenvalue weighted by Gasteiger charge is -2.07. The molecule has 0 aliphatic carbocycles. The number of aromatic nitrogens is 1. The van der Waals surface area contributed by atoms with Crippen LogP contribution in [0.25, 0.3) is 0 Å². The van der Waals surface area contributed by atoms with E-state index in [0.717, 1.165) is 11.3 Å². The normalized spacial score (nSPS) is 11.3. The smallest absolute Gasteiger partial charge is 0.260 e. The van der Waals surface area contributed by atoms with E-state index in [-0.39, 0.29) is 18.0 Å². The van der Waals surface area contributed by atoms with Gasteiger partial charge in [-0.05, 0) is 25.0 Å². The summed E-state index contributed by atoms with van der Waals surface area (Å²) in [5.41, 5.74) is 5.25. The van der Waals surface area contributed by atoms with E-state index in [1.807, 2.05) is 38.1 Å². The van der Waals surface area contributed by atoms with E-state index in [2.05, 4.69) is 10.5 Å². The van der Waals surface area contributed by atoms with Crippen molar-refractivity contribution in [1.29, 1.82) is 0 Å². The molecule has 0 unspecified atom stereocenters. The van der Waals surface area contributed by atoms with Crippen molar-refractivity contribution in [3.05, 3.63) is 70.1 Å². The molecule has 1 aromatic heterocycles. The number of carbonyl (C=O) groups excluding carboxylic acids is 1. The molecular weight excluding hydrogens is 278 g/mol. The highest BCUT2D eigenvalue weighted by Crippen LogP contribution is 2.06. The Morgan fingerprint density at radius 2 is 1.91 bits per heavy atom. The molecule has 0 radical (unpaired) electrons.